The van der Waals surface area contributed by atoms with Crippen LogP contribution < -0.4 is 11.3 Å². The van der Waals surface area contributed by atoms with Gasteiger partial charge in [0, 0.05) is 16.7 Å². The van der Waals surface area contributed by atoms with Gasteiger partial charge >= 0.3 is 0 Å². The van der Waals surface area contributed by atoms with Gasteiger partial charge < -0.3 is 0 Å². The maximum absolute atomic E-state index is 12.7. The van der Waals surface area contributed by atoms with Crippen LogP contribution in [0.5, 0.6) is 0 Å². The van der Waals surface area contributed by atoms with Crippen molar-refractivity contribution in [3.8, 4) is 0 Å². The van der Waals surface area contributed by atoms with Crippen LogP contribution in [-0.2, 0) is 0 Å². The number of hydrazine groups is 1. The average molecular weight is 200 g/mol. The molecule has 0 aromatic heterocycles. The lowest BCUT2D eigenvalue weighted by Crippen LogP contribution is -2.34. The summed E-state index contributed by atoms with van der Waals surface area (Å²) in [7, 11) is 0. The highest BCUT2D eigenvalue weighted by Gasteiger charge is 2.00. The van der Waals surface area contributed by atoms with Crippen molar-refractivity contribution in [2.75, 3.05) is 5.75 Å². The Morgan fingerprint density at radius 3 is 3.00 bits per heavy atom. The Balaban J connectivity index is 2.45. The van der Waals surface area contributed by atoms with E-state index in [0.29, 0.717) is 0 Å². The van der Waals surface area contributed by atoms with E-state index in [9.17, 15) is 4.39 Å². The molecule has 0 radical (unpaired) electrons. The first kappa shape index (κ1) is 10.5. The summed E-state index contributed by atoms with van der Waals surface area (Å²) in [5.41, 5.74) is 2.64. The van der Waals surface area contributed by atoms with Gasteiger partial charge in [0.15, 0.2) is 0 Å². The molecule has 0 bridgehead atoms. The van der Waals surface area contributed by atoms with Crippen molar-refractivity contribution in [1.29, 1.82) is 0 Å². The van der Waals surface area contributed by atoms with Crippen molar-refractivity contribution in [2.24, 2.45) is 5.84 Å². The Kier molecular flexibility index (Phi) is 4.21. The van der Waals surface area contributed by atoms with Gasteiger partial charge in [-0.05, 0) is 25.1 Å². The standard InChI is InChI=1S/C9H13FN2S/c1-7(12-11)6-13-9-4-2-3-8(10)5-9/h2-5,7,12H,6,11H2,1H3. The quantitative estimate of drug-likeness (QED) is 0.442. The van der Waals surface area contributed by atoms with Gasteiger partial charge in [-0.1, -0.05) is 6.07 Å². The van der Waals surface area contributed by atoms with Gasteiger partial charge in [-0.15, -0.1) is 11.8 Å². The zero-order chi connectivity index (χ0) is 9.68. The fourth-order valence-electron chi connectivity index (χ4n) is 0.826. The summed E-state index contributed by atoms with van der Waals surface area (Å²) in [5, 5.41) is 0. The zero-order valence-electron chi connectivity index (χ0n) is 7.46. The number of hydrogen-bond donors (Lipinski definition) is 2. The fourth-order valence-corrected chi connectivity index (χ4v) is 1.74. The second kappa shape index (κ2) is 5.21. The first-order chi connectivity index (χ1) is 6.22. The molecule has 0 spiro atoms. The Bertz CT molecular complexity index is 268. The molecule has 1 aromatic carbocycles. The minimum absolute atomic E-state index is 0.196. The number of halogens is 1. The lowest BCUT2D eigenvalue weighted by molar-refractivity contribution is 0.621. The summed E-state index contributed by atoms with van der Waals surface area (Å²) < 4.78 is 12.7. The van der Waals surface area contributed by atoms with Crippen LogP contribution in [0, 0.1) is 5.82 Å². The van der Waals surface area contributed by atoms with E-state index in [1.54, 1.807) is 17.8 Å². The molecule has 0 aliphatic heterocycles. The molecule has 0 saturated carbocycles. The summed E-state index contributed by atoms with van der Waals surface area (Å²) in [5.74, 6) is 5.87. The summed E-state index contributed by atoms with van der Waals surface area (Å²) in [4.78, 5) is 0.933. The van der Waals surface area contributed by atoms with Crippen LogP contribution in [0.1, 0.15) is 6.92 Å². The molecule has 4 heteroatoms. The molecule has 1 atom stereocenters. The minimum atomic E-state index is -0.196. The van der Waals surface area contributed by atoms with E-state index in [2.05, 4.69) is 5.43 Å². The molecule has 72 valence electrons. The van der Waals surface area contributed by atoms with E-state index < -0.39 is 0 Å². The molecule has 0 amide bonds. The van der Waals surface area contributed by atoms with E-state index in [1.807, 2.05) is 13.0 Å². The van der Waals surface area contributed by atoms with Gasteiger partial charge in [0.2, 0.25) is 0 Å². The molecule has 3 N–H and O–H groups in total. The molecule has 2 nitrogen and oxygen atoms in total. The maximum Gasteiger partial charge on any atom is 0.124 e. The molecule has 0 heterocycles. The van der Waals surface area contributed by atoms with Crippen molar-refractivity contribution >= 4 is 11.8 Å². The molecule has 0 aliphatic carbocycles. The molecule has 1 aromatic rings. The monoisotopic (exact) mass is 200 g/mol. The smallest absolute Gasteiger partial charge is 0.124 e. The Hall–Kier alpha value is -0.580. The normalized spacial score (nSPS) is 12.8. The number of nitrogens with two attached hydrogens (primary N) is 1. The molecule has 0 aliphatic rings. The first-order valence-electron chi connectivity index (χ1n) is 4.07. The third-order valence-electron chi connectivity index (χ3n) is 1.58. The van der Waals surface area contributed by atoms with E-state index in [0.717, 1.165) is 10.6 Å². The lowest BCUT2D eigenvalue weighted by atomic mass is 10.3. The number of nitrogens with one attached hydrogen (secondary N) is 1. The van der Waals surface area contributed by atoms with Gasteiger partial charge in [0.05, 0.1) is 0 Å². The highest BCUT2D eigenvalue weighted by Crippen LogP contribution is 2.18. The molecule has 1 unspecified atom stereocenters. The highest BCUT2D eigenvalue weighted by atomic mass is 32.2. The zero-order valence-corrected chi connectivity index (χ0v) is 8.27. The van der Waals surface area contributed by atoms with Crippen LogP contribution in [0.25, 0.3) is 0 Å². The van der Waals surface area contributed by atoms with E-state index in [1.165, 1.54) is 12.1 Å². The average Bonchev–Trinajstić information content (AvgIpc) is 2.14. The Morgan fingerprint density at radius 1 is 1.62 bits per heavy atom. The van der Waals surface area contributed by atoms with E-state index >= 15 is 0 Å². The molecular formula is C9H13FN2S. The minimum Gasteiger partial charge on any atom is -0.271 e. The van der Waals surface area contributed by atoms with Crippen molar-refractivity contribution in [2.45, 2.75) is 17.9 Å². The van der Waals surface area contributed by atoms with Crippen molar-refractivity contribution in [1.82, 2.24) is 5.43 Å². The summed E-state index contributed by atoms with van der Waals surface area (Å²) >= 11 is 1.58. The van der Waals surface area contributed by atoms with Crippen LogP contribution >= 0.6 is 11.8 Å². The van der Waals surface area contributed by atoms with Gasteiger partial charge in [-0.2, -0.15) is 0 Å². The van der Waals surface area contributed by atoms with Crippen molar-refractivity contribution in [3.05, 3.63) is 30.1 Å². The maximum atomic E-state index is 12.7. The van der Waals surface area contributed by atoms with E-state index in [-0.39, 0.29) is 11.9 Å². The second-order valence-electron chi connectivity index (χ2n) is 2.84. The predicted octanol–water partition coefficient (Wildman–Crippen LogP) is 1.77. The number of rotatable bonds is 4. The second-order valence-corrected chi connectivity index (χ2v) is 3.93. The van der Waals surface area contributed by atoms with E-state index in [4.69, 9.17) is 5.84 Å². The molecule has 1 rings (SSSR count). The fraction of sp³-hybridized carbons (Fsp3) is 0.333. The Morgan fingerprint density at radius 2 is 2.38 bits per heavy atom. The van der Waals surface area contributed by atoms with Gasteiger partial charge in [-0.25, -0.2) is 4.39 Å². The van der Waals surface area contributed by atoms with Crippen LogP contribution in [-0.4, -0.2) is 11.8 Å². The first-order valence-corrected chi connectivity index (χ1v) is 5.05. The number of thioether (sulfide) groups is 1. The summed E-state index contributed by atoms with van der Waals surface area (Å²) in [6, 6.07) is 6.78. The third kappa shape index (κ3) is 3.76. The van der Waals surface area contributed by atoms with Gasteiger partial charge in [0.1, 0.15) is 5.82 Å². The molecule has 0 saturated heterocycles. The lowest BCUT2D eigenvalue weighted by Gasteiger charge is -2.08. The predicted molar refractivity (Wildman–Crippen MR) is 53.9 cm³/mol. The summed E-state index contributed by atoms with van der Waals surface area (Å²) in [6.07, 6.45) is 0. The number of benzene rings is 1. The SMILES string of the molecule is CC(CSc1cccc(F)c1)NN. The van der Waals surface area contributed by atoms with Crippen molar-refractivity contribution < 1.29 is 4.39 Å². The largest absolute Gasteiger partial charge is 0.271 e. The van der Waals surface area contributed by atoms with Crippen LogP contribution in [0.3, 0.4) is 0 Å². The highest BCUT2D eigenvalue weighted by molar-refractivity contribution is 7.99. The van der Waals surface area contributed by atoms with Crippen LogP contribution in [0.2, 0.25) is 0 Å². The topological polar surface area (TPSA) is 38.0 Å². The number of hydrogen-bond acceptors (Lipinski definition) is 3. The molecule has 13 heavy (non-hydrogen) atoms. The summed E-state index contributed by atoms with van der Waals surface area (Å²) in [6.45, 7) is 1.98. The third-order valence-corrected chi connectivity index (χ3v) is 2.83. The van der Waals surface area contributed by atoms with Gasteiger partial charge in [0.25, 0.3) is 0 Å². The van der Waals surface area contributed by atoms with Crippen LogP contribution in [0.4, 0.5) is 4.39 Å². The Labute approximate surface area is 81.7 Å². The van der Waals surface area contributed by atoms with Gasteiger partial charge in [-0.3, -0.25) is 11.3 Å². The van der Waals surface area contributed by atoms with Crippen molar-refractivity contribution in [3.63, 3.8) is 0 Å². The van der Waals surface area contributed by atoms with Crippen LogP contribution in [0.15, 0.2) is 29.2 Å². The molecule has 0 fully saturated rings. The molecular weight excluding hydrogens is 187 g/mol.